The molecule has 0 aromatic carbocycles. The van der Waals surface area contributed by atoms with E-state index in [1.807, 2.05) is 5.48 Å². The Morgan fingerprint density at radius 3 is 2.60 bits per heavy atom. The summed E-state index contributed by atoms with van der Waals surface area (Å²) in [6.45, 7) is 3.06. The van der Waals surface area contributed by atoms with Gasteiger partial charge in [-0.3, -0.25) is 0 Å². The second-order valence-corrected chi connectivity index (χ2v) is 3.03. The molecule has 82 valence electrons. The molecule has 0 aromatic heterocycles. The number of hydroxylamine groups is 1. The Morgan fingerprint density at radius 2 is 2.13 bits per heavy atom. The highest BCUT2D eigenvalue weighted by Gasteiger charge is 2.14. The van der Waals surface area contributed by atoms with Gasteiger partial charge in [0.2, 0.25) is 0 Å². The second kappa shape index (κ2) is 7.05. The Bertz CT molecular complexity index is 329. The molecule has 0 aliphatic heterocycles. The first-order valence-corrected chi connectivity index (χ1v) is 4.44. The van der Waals surface area contributed by atoms with Gasteiger partial charge in [-0.25, -0.2) is 0 Å². The van der Waals surface area contributed by atoms with Gasteiger partial charge in [0.25, 0.3) is 0 Å². The van der Waals surface area contributed by atoms with Gasteiger partial charge >= 0.3 is 0 Å². The first-order valence-electron chi connectivity index (χ1n) is 4.44. The average molecular weight is 209 g/mol. The maximum Gasteiger partial charge on any atom is 0.138 e. The molecule has 0 rings (SSSR count). The Morgan fingerprint density at radius 1 is 1.47 bits per heavy atom. The summed E-state index contributed by atoms with van der Waals surface area (Å²) in [7, 11) is 0. The minimum Gasteiger partial charge on any atom is -0.393 e. The zero-order chi connectivity index (χ0) is 11.7. The van der Waals surface area contributed by atoms with Crippen LogP contribution in [0.1, 0.15) is 13.8 Å². The predicted octanol–water partition coefficient (Wildman–Crippen LogP) is -0.340. The van der Waals surface area contributed by atoms with Crippen molar-refractivity contribution in [2.45, 2.75) is 25.5 Å². The predicted molar refractivity (Wildman–Crippen MR) is 56.8 cm³/mol. The normalized spacial score (nSPS) is 15.8. The van der Waals surface area contributed by atoms with E-state index < -0.39 is 18.2 Å². The van der Waals surface area contributed by atoms with Crippen LogP contribution in [0.25, 0.3) is 0 Å². The van der Waals surface area contributed by atoms with Gasteiger partial charge in [0.05, 0.1) is 6.61 Å². The lowest BCUT2D eigenvalue weighted by molar-refractivity contribution is 0.123. The summed E-state index contributed by atoms with van der Waals surface area (Å²) >= 11 is 0. The quantitative estimate of drug-likeness (QED) is 0.291. The summed E-state index contributed by atoms with van der Waals surface area (Å²) in [6, 6.07) is 0. The molecule has 0 bridgehead atoms. The number of hydrogen-bond donors (Lipinski definition) is 4. The summed E-state index contributed by atoms with van der Waals surface area (Å²) in [4.78, 5) is 0. The Kier molecular flexibility index (Phi) is 6.44. The number of aliphatic hydroxyl groups excluding tert-OH is 2. The topological polar surface area (TPSA) is 72.7 Å². The Hall–Kier alpha value is -1.30. The lowest BCUT2D eigenvalue weighted by atomic mass is 10.0. The van der Waals surface area contributed by atoms with Crippen LogP contribution in [0.4, 0.5) is 0 Å². The minimum atomic E-state index is -1.07. The number of hydrogen-bond acceptors (Lipinski definition) is 4. The van der Waals surface area contributed by atoms with E-state index in [-0.39, 0.29) is 0 Å². The zero-order valence-electron chi connectivity index (χ0n) is 8.78. The summed E-state index contributed by atoms with van der Waals surface area (Å²) in [5.41, 5.74) is 1.19. The largest absolute Gasteiger partial charge is 0.393 e. The van der Waals surface area contributed by atoms with Crippen LogP contribution in [0.15, 0.2) is 12.2 Å². The van der Waals surface area contributed by atoms with Crippen molar-refractivity contribution in [3.8, 4) is 23.7 Å². The maximum absolute atomic E-state index is 8.88. The van der Waals surface area contributed by atoms with Crippen molar-refractivity contribution in [1.29, 1.82) is 0 Å². The van der Waals surface area contributed by atoms with Crippen LogP contribution in [-0.4, -0.2) is 33.7 Å². The van der Waals surface area contributed by atoms with Crippen LogP contribution in [0.5, 0.6) is 0 Å². The molecule has 0 radical (unpaired) electrons. The van der Waals surface area contributed by atoms with E-state index in [4.69, 9.17) is 15.4 Å². The molecule has 4 heteroatoms. The zero-order valence-corrected chi connectivity index (χ0v) is 8.78. The molecule has 0 heterocycles. The fourth-order valence-electron chi connectivity index (χ4n) is 0.766. The monoisotopic (exact) mass is 209 g/mol. The number of rotatable bonds is 3. The number of aliphatic hydroxyl groups is 2. The van der Waals surface area contributed by atoms with Crippen molar-refractivity contribution < 1.29 is 15.4 Å². The molecule has 0 saturated heterocycles. The SMILES string of the molecule is C/C=C\C(C)(C#CC#CC(O)CO)NO. The van der Waals surface area contributed by atoms with Crippen molar-refractivity contribution in [1.82, 2.24) is 5.48 Å². The van der Waals surface area contributed by atoms with E-state index >= 15 is 0 Å². The summed E-state index contributed by atoms with van der Waals surface area (Å²) in [5, 5.41) is 26.2. The molecule has 0 amide bonds. The van der Waals surface area contributed by atoms with Crippen molar-refractivity contribution in [3.05, 3.63) is 12.2 Å². The summed E-state index contributed by atoms with van der Waals surface area (Å²) in [6.07, 6.45) is 2.34. The van der Waals surface area contributed by atoms with E-state index in [1.54, 1.807) is 26.0 Å². The van der Waals surface area contributed by atoms with Crippen molar-refractivity contribution >= 4 is 0 Å². The van der Waals surface area contributed by atoms with Gasteiger partial charge in [-0.2, -0.15) is 5.48 Å². The first kappa shape index (κ1) is 13.7. The molecular formula is C11H15NO3. The average Bonchev–Trinajstić information content (AvgIpc) is 2.24. The molecule has 4 nitrogen and oxygen atoms in total. The van der Waals surface area contributed by atoms with E-state index in [0.717, 1.165) is 0 Å². The molecule has 4 N–H and O–H groups in total. The van der Waals surface area contributed by atoms with E-state index in [9.17, 15) is 0 Å². The highest BCUT2D eigenvalue weighted by atomic mass is 16.5. The lowest BCUT2D eigenvalue weighted by Crippen LogP contribution is -2.36. The lowest BCUT2D eigenvalue weighted by Gasteiger charge is -2.15. The van der Waals surface area contributed by atoms with Gasteiger partial charge in [-0.05, 0) is 25.7 Å². The fourth-order valence-corrected chi connectivity index (χ4v) is 0.766. The Balaban J connectivity index is 4.54. The molecule has 0 aliphatic rings. The van der Waals surface area contributed by atoms with Crippen LogP contribution < -0.4 is 5.48 Å². The van der Waals surface area contributed by atoms with E-state index in [2.05, 4.69) is 23.7 Å². The first-order chi connectivity index (χ1) is 7.08. The van der Waals surface area contributed by atoms with E-state index in [0.29, 0.717) is 0 Å². The molecule has 0 aliphatic carbocycles. The fraction of sp³-hybridized carbons (Fsp3) is 0.455. The third-order valence-corrected chi connectivity index (χ3v) is 1.53. The van der Waals surface area contributed by atoms with Gasteiger partial charge in [0.15, 0.2) is 0 Å². The maximum atomic E-state index is 8.88. The van der Waals surface area contributed by atoms with Crippen LogP contribution in [0.3, 0.4) is 0 Å². The van der Waals surface area contributed by atoms with Gasteiger partial charge in [-0.1, -0.05) is 24.0 Å². The summed E-state index contributed by atoms with van der Waals surface area (Å²) in [5.74, 6) is 9.83. The van der Waals surface area contributed by atoms with Crippen LogP contribution in [0, 0.1) is 23.7 Å². The van der Waals surface area contributed by atoms with Gasteiger partial charge < -0.3 is 15.4 Å². The van der Waals surface area contributed by atoms with Crippen molar-refractivity contribution in [3.63, 3.8) is 0 Å². The highest BCUT2D eigenvalue weighted by molar-refractivity contribution is 5.34. The van der Waals surface area contributed by atoms with Crippen LogP contribution in [-0.2, 0) is 0 Å². The third kappa shape index (κ3) is 5.90. The molecule has 2 atom stereocenters. The van der Waals surface area contributed by atoms with E-state index in [1.165, 1.54) is 0 Å². The van der Waals surface area contributed by atoms with Gasteiger partial charge in [-0.15, -0.1) is 0 Å². The molecule has 2 unspecified atom stereocenters. The number of allylic oxidation sites excluding steroid dienone is 1. The van der Waals surface area contributed by atoms with Crippen molar-refractivity contribution in [2.24, 2.45) is 0 Å². The Labute approximate surface area is 89.6 Å². The van der Waals surface area contributed by atoms with Gasteiger partial charge in [0.1, 0.15) is 11.6 Å². The molecular weight excluding hydrogens is 194 g/mol. The van der Waals surface area contributed by atoms with Crippen LogP contribution >= 0.6 is 0 Å². The molecule has 0 saturated carbocycles. The second-order valence-electron chi connectivity index (χ2n) is 3.03. The van der Waals surface area contributed by atoms with Crippen LogP contribution in [0.2, 0.25) is 0 Å². The highest BCUT2D eigenvalue weighted by Crippen LogP contribution is 2.01. The standard InChI is InChI=1S/C11H15NO3/c1-3-7-11(2,12-15)8-5-4-6-10(14)9-13/h3,7,10,12-15H,9H2,1-2H3/b7-3-. The molecule has 0 spiro atoms. The molecule has 15 heavy (non-hydrogen) atoms. The molecule has 0 fully saturated rings. The van der Waals surface area contributed by atoms with Crippen molar-refractivity contribution in [2.75, 3.05) is 6.61 Å². The molecule has 0 aromatic rings. The summed E-state index contributed by atoms with van der Waals surface area (Å²) < 4.78 is 0. The van der Waals surface area contributed by atoms with Gasteiger partial charge in [0, 0.05) is 0 Å². The minimum absolute atomic E-state index is 0.418. The smallest absolute Gasteiger partial charge is 0.138 e. The third-order valence-electron chi connectivity index (χ3n) is 1.53. The number of nitrogens with one attached hydrogen (secondary N) is 1.